The molecule has 1 heterocycles. The lowest BCUT2D eigenvalue weighted by molar-refractivity contribution is -0.386. The van der Waals surface area contributed by atoms with Gasteiger partial charge in [0, 0.05) is 5.56 Å². The fourth-order valence-corrected chi connectivity index (χ4v) is 2.31. The molecule has 9 heteroatoms. The summed E-state index contributed by atoms with van der Waals surface area (Å²) in [7, 11) is 1.19. The average molecular weight is 345 g/mol. The zero-order valence-electron chi connectivity index (χ0n) is 13.6. The minimum absolute atomic E-state index is 0.0178. The largest absolute Gasteiger partial charge is 0.469 e. The molecule has 0 aliphatic carbocycles. The van der Waals surface area contributed by atoms with Gasteiger partial charge in [-0.05, 0) is 6.92 Å². The second-order valence-electron chi connectivity index (χ2n) is 5.11. The number of ketones is 1. The molecule has 2 rings (SSSR count). The Morgan fingerprint density at radius 2 is 1.92 bits per heavy atom. The van der Waals surface area contributed by atoms with E-state index in [-0.39, 0.29) is 24.2 Å². The number of ether oxygens (including phenoxy) is 1. The van der Waals surface area contributed by atoms with Crippen LogP contribution < -0.4 is 5.56 Å². The summed E-state index contributed by atoms with van der Waals surface area (Å²) >= 11 is 0. The van der Waals surface area contributed by atoms with Crippen molar-refractivity contribution < 1.29 is 19.2 Å². The van der Waals surface area contributed by atoms with Crippen LogP contribution >= 0.6 is 0 Å². The van der Waals surface area contributed by atoms with Gasteiger partial charge in [0.2, 0.25) is 0 Å². The first-order chi connectivity index (χ1) is 11.9. The average Bonchev–Trinajstić information content (AvgIpc) is 2.60. The monoisotopic (exact) mass is 345 g/mol. The summed E-state index contributed by atoms with van der Waals surface area (Å²) in [6.07, 6.45) is -0.186. The number of rotatable bonds is 6. The summed E-state index contributed by atoms with van der Waals surface area (Å²) in [5.41, 5.74) is -1.78. The third kappa shape index (κ3) is 3.77. The van der Waals surface area contributed by atoms with E-state index in [9.17, 15) is 24.5 Å². The van der Waals surface area contributed by atoms with Crippen LogP contribution in [0.1, 0.15) is 23.7 Å². The molecule has 25 heavy (non-hydrogen) atoms. The zero-order valence-corrected chi connectivity index (χ0v) is 13.6. The number of carbonyl (C=O) groups is 2. The molecule has 130 valence electrons. The van der Waals surface area contributed by atoms with E-state index >= 15 is 0 Å². The molecular weight excluding hydrogens is 330 g/mol. The first-order valence-electron chi connectivity index (χ1n) is 7.29. The van der Waals surface area contributed by atoms with Gasteiger partial charge in [0.1, 0.15) is 11.3 Å². The summed E-state index contributed by atoms with van der Waals surface area (Å²) in [6.45, 7) is 0.930. The smallest absolute Gasteiger partial charge is 0.348 e. The van der Waals surface area contributed by atoms with Gasteiger partial charge >= 0.3 is 17.2 Å². The first kappa shape index (κ1) is 18.0. The Balaban J connectivity index is 2.74. The fraction of sp³-hybridized carbons (Fsp3) is 0.250. The number of nitrogens with zero attached hydrogens (tertiary/aromatic N) is 3. The maximum atomic E-state index is 12.4. The van der Waals surface area contributed by atoms with E-state index in [0.29, 0.717) is 5.56 Å². The maximum absolute atomic E-state index is 12.4. The number of Topliss-reactive ketones (excluding diaryl/α,β-unsaturated/α-hetero) is 1. The highest BCUT2D eigenvalue weighted by Crippen LogP contribution is 2.26. The van der Waals surface area contributed by atoms with Crippen molar-refractivity contribution in [3.05, 3.63) is 56.4 Å². The zero-order chi connectivity index (χ0) is 18.6. The van der Waals surface area contributed by atoms with Crippen LogP contribution in [0, 0.1) is 10.1 Å². The quantitative estimate of drug-likeness (QED) is 0.337. The fourth-order valence-electron chi connectivity index (χ4n) is 2.31. The van der Waals surface area contributed by atoms with Gasteiger partial charge in [-0.2, -0.15) is 5.10 Å². The minimum atomic E-state index is -1.04. The number of aromatic nitrogens is 2. The Morgan fingerprint density at radius 3 is 2.44 bits per heavy atom. The molecule has 0 unspecified atom stereocenters. The highest BCUT2D eigenvalue weighted by molar-refractivity contribution is 6.03. The van der Waals surface area contributed by atoms with Gasteiger partial charge in [-0.1, -0.05) is 30.3 Å². The molecule has 2 aromatic rings. The van der Waals surface area contributed by atoms with Crippen LogP contribution in [-0.2, 0) is 16.1 Å². The van der Waals surface area contributed by atoms with E-state index < -0.39 is 27.9 Å². The number of aryl methyl sites for hydroxylation is 1. The van der Waals surface area contributed by atoms with E-state index in [4.69, 9.17) is 0 Å². The highest BCUT2D eigenvalue weighted by Gasteiger charge is 2.30. The summed E-state index contributed by atoms with van der Waals surface area (Å²) in [4.78, 5) is 46.1. The molecule has 0 bridgehead atoms. The highest BCUT2D eigenvalue weighted by atomic mass is 16.6. The predicted octanol–water partition coefficient (Wildman–Crippen LogP) is 1.58. The van der Waals surface area contributed by atoms with Crippen molar-refractivity contribution in [1.29, 1.82) is 0 Å². The van der Waals surface area contributed by atoms with Crippen molar-refractivity contribution in [3.63, 3.8) is 0 Å². The predicted molar refractivity (Wildman–Crippen MR) is 87.2 cm³/mol. The van der Waals surface area contributed by atoms with E-state index in [1.807, 2.05) is 0 Å². The summed E-state index contributed by atoms with van der Waals surface area (Å²) in [5, 5.41) is 15.5. The SMILES string of the molecule is COC(=O)CCn1nc(-c2ccccc2)c(C(C)=O)c([N+](=O)[O-])c1=O. The standard InChI is InChI=1S/C16H15N3O6/c1-10(20)13-14(11-6-4-3-5-7-11)17-18(9-8-12(21)25-2)16(22)15(13)19(23)24/h3-7H,8-9H2,1-2H3. The van der Waals surface area contributed by atoms with E-state index in [2.05, 4.69) is 9.84 Å². The second-order valence-corrected chi connectivity index (χ2v) is 5.11. The van der Waals surface area contributed by atoms with Crippen LogP contribution in [0.5, 0.6) is 0 Å². The van der Waals surface area contributed by atoms with E-state index in [1.54, 1.807) is 30.3 Å². The number of carbonyl (C=O) groups excluding carboxylic acids is 2. The van der Waals surface area contributed by atoms with Gasteiger partial charge in [0.15, 0.2) is 5.78 Å². The number of nitro groups is 1. The van der Waals surface area contributed by atoms with Crippen molar-refractivity contribution in [2.45, 2.75) is 19.9 Å². The molecule has 0 radical (unpaired) electrons. The Morgan fingerprint density at radius 1 is 1.28 bits per heavy atom. The van der Waals surface area contributed by atoms with Crippen molar-refractivity contribution in [2.24, 2.45) is 0 Å². The molecule has 0 aliphatic heterocycles. The lowest BCUT2D eigenvalue weighted by Gasteiger charge is -2.11. The van der Waals surface area contributed by atoms with Crippen molar-refractivity contribution >= 4 is 17.4 Å². The molecule has 0 fully saturated rings. The van der Waals surface area contributed by atoms with Crippen LogP contribution in [-0.4, -0.2) is 33.6 Å². The molecule has 0 atom stereocenters. The molecule has 0 spiro atoms. The molecule has 9 nitrogen and oxygen atoms in total. The van der Waals surface area contributed by atoms with Gasteiger partial charge in [0.25, 0.3) is 0 Å². The third-order valence-electron chi connectivity index (χ3n) is 3.47. The Labute approximate surface area is 142 Å². The lowest BCUT2D eigenvalue weighted by Crippen LogP contribution is -2.29. The van der Waals surface area contributed by atoms with Gasteiger partial charge < -0.3 is 4.74 Å². The van der Waals surface area contributed by atoms with Gasteiger partial charge in [-0.25, -0.2) is 4.68 Å². The van der Waals surface area contributed by atoms with E-state index in [1.165, 1.54) is 7.11 Å². The number of methoxy groups -OCH3 is 1. The topological polar surface area (TPSA) is 121 Å². The van der Waals surface area contributed by atoms with Crippen molar-refractivity contribution in [1.82, 2.24) is 9.78 Å². The van der Waals surface area contributed by atoms with E-state index in [0.717, 1.165) is 11.6 Å². The molecule has 0 amide bonds. The normalized spacial score (nSPS) is 10.3. The first-order valence-corrected chi connectivity index (χ1v) is 7.29. The van der Waals surface area contributed by atoms with Gasteiger partial charge in [0.05, 0.1) is 25.0 Å². The summed E-state index contributed by atoms with van der Waals surface area (Å²) in [6, 6.07) is 8.33. The third-order valence-corrected chi connectivity index (χ3v) is 3.47. The molecule has 0 saturated carbocycles. The van der Waals surface area contributed by atoms with Crippen molar-refractivity contribution in [2.75, 3.05) is 7.11 Å². The van der Waals surface area contributed by atoms with Crippen LogP contribution in [0.25, 0.3) is 11.3 Å². The van der Waals surface area contributed by atoms with Crippen LogP contribution in [0.2, 0.25) is 0 Å². The van der Waals surface area contributed by atoms with Crippen molar-refractivity contribution in [3.8, 4) is 11.3 Å². The number of esters is 1. The van der Waals surface area contributed by atoms with Gasteiger partial charge in [-0.15, -0.1) is 0 Å². The van der Waals surface area contributed by atoms with Crippen LogP contribution in [0.15, 0.2) is 35.1 Å². The van der Waals surface area contributed by atoms with Gasteiger partial charge in [-0.3, -0.25) is 24.5 Å². The Bertz CT molecular complexity index is 889. The number of hydrogen-bond acceptors (Lipinski definition) is 7. The maximum Gasteiger partial charge on any atom is 0.348 e. The molecule has 0 saturated heterocycles. The lowest BCUT2D eigenvalue weighted by atomic mass is 10.0. The van der Waals surface area contributed by atoms with Crippen LogP contribution in [0.4, 0.5) is 5.69 Å². The molecule has 0 aliphatic rings. The molecule has 1 aromatic heterocycles. The molecule has 1 aromatic carbocycles. The molecule has 0 N–H and O–H groups in total. The molecular formula is C16H15N3O6. The Hall–Kier alpha value is -3.36. The Kier molecular flexibility index (Phi) is 5.38. The number of hydrogen-bond donors (Lipinski definition) is 0. The van der Waals surface area contributed by atoms with Crippen LogP contribution in [0.3, 0.4) is 0 Å². The summed E-state index contributed by atoms with van der Waals surface area (Å²) < 4.78 is 5.31. The number of benzene rings is 1. The summed E-state index contributed by atoms with van der Waals surface area (Å²) in [5.74, 6) is -1.23. The minimum Gasteiger partial charge on any atom is -0.469 e. The second kappa shape index (κ2) is 7.47.